The predicted molar refractivity (Wildman–Crippen MR) is 110 cm³/mol. The molecular weight excluding hydrogens is 401 g/mol. The monoisotopic (exact) mass is 417 g/mol. The van der Waals surface area contributed by atoms with E-state index in [-0.39, 0.29) is 36.4 Å². The summed E-state index contributed by atoms with van der Waals surface area (Å²) in [6.07, 6.45) is 6.69. The Kier molecular flexibility index (Phi) is 8.35. The van der Waals surface area contributed by atoms with Gasteiger partial charge in [-0.3, -0.25) is 9.59 Å². The molecule has 144 valence electrons. The lowest BCUT2D eigenvalue weighted by atomic mass is 10.2. The van der Waals surface area contributed by atoms with Crippen molar-refractivity contribution < 1.29 is 14.3 Å². The topological polar surface area (TPSA) is 79.8 Å². The number of ether oxygens (including phenoxy) is 1. The minimum atomic E-state index is -0.354. The number of hydrogen-bond donors (Lipinski definition) is 2. The molecule has 0 saturated carbocycles. The number of terminal acetylenes is 1. The van der Waals surface area contributed by atoms with Crippen LogP contribution in [0.3, 0.4) is 0 Å². The van der Waals surface area contributed by atoms with E-state index in [1.54, 1.807) is 24.3 Å². The van der Waals surface area contributed by atoms with Gasteiger partial charge in [0.1, 0.15) is 12.4 Å². The van der Waals surface area contributed by atoms with Crippen molar-refractivity contribution in [3.05, 3.63) is 63.6 Å². The summed E-state index contributed by atoms with van der Waals surface area (Å²) in [4.78, 5) is 23.8. The molecule has 0 aromatic heterocycles. The van der Waals surface area contributed by atoms with Crippen LogP contribution in [-0.4, -0.2) is 31.2 Å². The van der Waals surface area contributed by atoms with E-state index < -0.39 is 0 Å². The van der Waals surface area contributed by atoms with Crippen LogP contribution in [0.2, 0.25) is 10.0 Å². The molecule has 0 unspecified atom stereocenters. The quantitative estimate of drug-likeness (QED) is 0.392. The van der Waals surface area contributed by atoms with Crippen LogP contribution in [0.15, 0.2) is 47.6 Å². The van der Waals surface area contributed by atoms with Gasteiger partial charge in [-0.15, -0.1) is 6.42 Å². The normalized spacial score (nSPS) is 10.3. The van der Waals surface area contributed by atoms with Gasteiger partial charge in [0.05, 0.1) is 16.3 Å². The van der Waals surface area contributed by atoms with Crippen LogP contribution in [0.1, 0.15) is 22.3 Å². The molecule has 0 aliphatic heterocycles. The van der Waals surface area contributed by atoms with Crippen molar-refractivity contribution >= 4 is 41.2 Å². The molecule has 0 aliphatic carbocycles. The van der Waals surface area contributed by atoms with Gasteiger partial charge in [-0.1, -0.05) is 41.3 Å². The molecule has 2 aromatic rings. The summed E-state index contributed by atoms with van der Waals surface area (Å²) in [5.41, 5.74) is 3.42. The summed E-state index contributed by atoms with van der Waals surface area (Å²) in [5, 5.41) is 7.16. The zero-order chi connectivity index (χ0) is 20.4. The van der Waals surface area contributed by atoms with Crippen LogP contribution in [0.25, 0.3) is 0 Å². The summed E-state index contributed by atoms with van der Waals surface area (Å²) in [6.45, 7) is 0.276. The second-order valence-electron chi connectivity index (χ2n) is 5.46. The Morgan fingerprint density at radius 3 is 2.71 bits per heavy atom. The maximum Gasteiger partial charge on any atom is 0.251 e. The lowest BCUT2D eigenvalue weighted by Crippen LogP contribution is -2.29. The number of benzene rings is 2. The fourth-order valence-electron chi connectivity index (χ4n) is 2.10. The number of halogens is 2. The smallest absolute Gasteiger partial charge is 0.251 e. The van der Waals surface area contributed by atoms with Gasteiger partial charge in [-0.2, -0.15) is 5.10 Å². The van der Waals surface area contributed by atoms with Crippen molar-refractivity contribution in [1.29, 1.82) is 0 Å². The van der Waals surface area contributed by atoms with E-state index in [0.29, 0.717) is 21.9 Å². The van der Waals surface area contributed by atoms with Crippen LogP contribution in [-0.2, 0) is 4.79 Å². The molecule has 0 bridgehead atoms. The Bertz CT molecular complexity index is 923. The Balaban J connectivity index is 1.78. The first-order valence-electron chi connectivity index (χ1n) is 8.21. The molecule has 2 aromatic carbocycles. The molecule has 0 radical (unpaired) electrons. The molecule has 28 heavy (non-hydrogen) atoms. The summed E-state index contributed by atoms with van der Waals surface area (Å²) >= 11 is 11.7. The highest BCUT2D eigenvalue weighted by Crippen LogP contribution is 2.22. The van der Waals surface area contributed by atoms with E-state index in [0.717, 1.165) is 0 Å². The Hall–Kier alpha value is -3.01. The fourth-order valence-corrected chi connectivity index (χ4v) is 2.39. The number of nitrogens with one attached hydrogen (secondary N) is 2. The van der Waals surface area contributed by atoms with E-state index >= 15 is 0 Å². The SMILES string of the molecule is C#CCOc1ccccc1C=NNC(=O)CCNC(=O)c1ccc(Cl)c(Cl)c1. The lowest BCUT2D eigenvalue weighted by molar-refractivity contribution is -0.120. The van der Waals surface area contributed by atoms with Gasteiger partial charge in [0.25, 0.3) is 5.91 Å². The fraction of sp³-hybridized carbons (Fsp3) is 0.150. The highest BCUT2D eigenvalue weighted by atomic mass is 35.5. The van der Waals surface area contributed by atoms with Crippen molar-refractivity contribution in [3.8, 4) is 18.1 Å². The van der Waals surface area contributed by atoms with Gasteiger partial charge < -0.3 is 10.1 Å². The summed E-state index contributed by atoms with van der Waals surface area (Å²) in [5.74, 6) is 2.24. The first-order valence-corrected chi connectivity index (χ1v) is 8.97. The van der Waals surface area contributed by atoms with Gasteiger partial charge in [0.15, 0.2) is 0 Å². The molecule has 0 fully saturated rings. The number of hydrazone groups is 1. The lowest BCUT2D eigenvalue weighted by Gasteiger charge is -2.06. The molecule has 0 spiro atoms. The second-order valence-corrected chi connectivity index (χ2v) is 6.27. The second kappa shape index (κ2) is 11.0. The standard InChI is InChI=1S/C20H17Cl2N3O3/c1-2-11-28-18-6-4-3-5-15(18)13-24-25-19(26)9-10-23-20(27)14-7-8-16(21)17(22)12-14/h1,3-8,12-13H,9-11H2,(H,23,27)(H,25,26). The van der Waals surface area contributed by atoms with Gasteiger partial charge in [-0.25, -0.2) is 5.43 Å². The summed E-state index contributed by atoms with van der Waals surface area (Å²) < 4.78 is 5.39. The van der Waals surface area contributed by atoms with Crippen molar-refractivity contribution in [2.75, 3.05) is 13.2 Å². The summed E-state index contributed by atoms with van der Waals surface area (Å²) in [7, 11) is 0. The van der Waals surface area contributed by atoms with E-state index in [1.807, 2.05) is 6.07 Å². The highest BCUT2D eigenvalue weighted by molar-refractivity contribution is 6.42. The Labute approximate surface area is 172 Å². The number of carbonyl (C=O) groups is 2. The summed E-state index contributed by atoms with van der Waals surface area (Å²) in [6, 6.07) is 11.7. The molecular formula is C20H17Cl2N3O3. The van der Waals surface area contributed by atoms with Crippen LogP contribution >= 0.6 is 23.2 Å². The van der Waals surface area contributed by atoms with Gasteiger partial charge in [-0.05, 0) is 30.3 Å². The molecule has 0 heterocycles. The van der Waals surface area contributed by atoms with Crippen molar-refractivity contribution in [3.63, 3.8) is 0 Å². The van der Waals surface area contributed by atoms with E-state index in [2.05, 4.69) is 21.8 Å². The maximum absolute atomic E-state index is 12.0. The zero-order valence-electron chi connectivity index (χ0n) is 14.7. The van der Waals surface area contributed by atoms with Crippen molar-refractivity contribution in [2.45, 2.75) is 6.42 Å². The zero-order valence-corrected chi connectivity index (χ0v) is 16.3. The third-order valence-corrected chi connectivity index (χ3v) is 4.18. The minimum Gasteiger partial charge on any atom is -0.480 e. The molecule has 0 atom stereocenters. The Morgan fingerprint density at radius 2 is 1.96 bits per heavy atom. The molecule has 2 amide bonds. The minimum absolute atomic E-state index is 0.0552. The molecule has 2 rings (SSSR count). The van der Waals surface area contributed by atoms with Gasteiger partial charge in [0.2, 0.25) is 5.91 Å². The van der Waals surface area contributed by atoms with Crippen LogP contribution in [0, 0.1) is 12.3 Å². The molecule has 0 aliphatic rings. The van der Waals surface area contributed by atoms with Gasteiger partial charge >= 0.3 is 0 Å². The van der Waals surface area contributed by atoms with Crippen molar-refractivity contribution in [2.24, 2.45) is 5.10 Å². The third-order valence-electron chi connectivity index (χ3n) is 3.44. The van der Waals surface area contributed by atoms with E-state index in [4.69, 9.17) is 34.4 Å². The number of carbonyl (C=O) groups excluding carboxylic acids is 2. The average Bonchev–Trinajstić information content (AvgIpc) is 2.69. The van der Waals surface area contributed by atoms with E-state index in [9.17, 15) is 9.59 Å². The Morgan fingerprint density at radius 1 is 1.18 bits per heavy atom. The number of amides is 2. The molecule has 2 N–H and O–H groups in total. The number of nitrogens with zero attached hydrogens (tertiary/aromatic N) is 1. The van der Waals surface area contributed by atoms with Crippen molar-refractivity contribution in [1.82, 2.24) is 10.7 Å². The molecule has 0 saturated heterocycles. The third kappa shape index (κ3) is 6.62. The first-order chi connectivity index (χ1) is 13.5. The number of rotatable bonds is 8. The average molecular weight is 418 g/mol. The predicted octanol–water partition coefficient (Wildman–Crippen LogP) is 3.28. The molecule has 6 nitrogen and oxygen atoms in total. The number of hydrogen-bond acceptors (Lipinski definition) is 4. The van der Waals surface area contributed by atoms with Gasteiger partial charge in [0, 0.05) is 24.1 Å². The molecule has 8 heteroatoms. The van der Waals surface area contributed by atoms with E-state index in [1.165, 1.54) is 18.3 Å². The largest absolute Gasteiger partial charge is 0.480 e. The maximum atomic E-state index is 12.0. The van der Waals surface area contributed by atoms with Crippen LogP contribution in [0.4, 0.5) is 0 Å². The highest BCUT2D eigenvalue weighted by Gasteiger charge is 2.08. The number of para-hydroxylation sites is 1. The van der Waals surface area contributed by atoms with Crippen LogP contribution < -0.4 is 15.5 Å². The van der Waals surface area contributed by atoms with Crippen LogP contribution in [0.5, 0.6) is 5.75 Å². The first kappa shape index (κ1) is 21.3.